The number of carbonyl (C=O) groups excluding carboxylic acids is 1. The molecule has 3 nitrogen and oxygen atoms in total. The highest BCUT2D eigenvalue weighted by atomic mass is 32.1. The summed E-state index contributed by atoms with van der Waals surface area (Å²) in [5.74, 6) is -0.381. The molecule has 106 valence electrons. The number of esters is 1. The van der Waals surface area contributed by atoms with Crippen molar-refractivity contribution in [3.63, 3.8) is 0 Å². The van der Waals surface area contributed by atoms with Crippen LogP contribution in [0.3, 0.4) is 0 Å². The molecule has 0 N–H and O–H groups in total. The van der Waals surface area contributed by atoms with Crippen LogP contribution in [0.1, 0.15) is 17.4 Å². The lowest BCUT2D eigenvalue weighted by atomic mass is 10.1. The number of thiophene rings is 2. The number of rotatable bonds is 4. The van der Waals surface area contributed by atoms with Gasteiger partial charge in [-0.3, -0.25) is 0 Å². The Hall–Kier alpha value is -1.98. The number of ether oxygens (including phenoxy) is 1. The fourth-order valence-corrected chi connectivity index (χ4v) is 3.49. The maximum atomic E-state index is 11.9. The molecule has 3 heterocycles. The first-order chi connectivity index (χ1) is 10.3. The molecule has 3 aromatic heterocycles. The molecular formula is C16H13NO2S2. The molecule has 0 aliphatic heterocycles. The molecule has 0 radical (unpaired) electrons. The van der Waals surface area contributed by atoms with Crippen molar-refractivity contribution >= 4 is 28.6 Å². The van der Waals surface area contributed by atoms with Crippen LogP contribution in [0.25, 0.3) is 21.0 Å². The molecule has 5 heteroatoms. The van der Waals surface area contributed by atoms with Gasteiger partial charge >= 0.3 is 5.97 Å². The van der Waals surface area contributed by atoms with Gasteiger partial charge in [0.25, 0.3) is 0 Å². The highest BCUT2D eigenvalue weighted by molar-refractivity contribution is 7.14. The highest BCUT2D eigenvalue weighted by Gasteiger charge is 2.16. The Morgan fingerprint density at radius 2 is 1.81 bits per heavy atom. The Bertz CT molecular complexity index is 734. The fraction of sp³-hybridized carbons (Fsp3) is 0.125. The molecule has 0 aromatic carbocycles. The van der Waals surface area contributed by atoms with Crippen LogP contribution >= 0.6 is 22.7 Å². The monoisotopic (exact) mass is 315 g/mol. The van der Waals surface area contributed by atoms with Crippen LogP contribution in [0.4, 0.5) is 0 Å². The van der Waals surface area contributed by atoms with Gasteiger partial charge in [0.1, 0.15) is 5.69 Å². The molecule has 21 heavy (non-hydrogen) atoms. The second-order valence-corrected chi connectivity index (χ2v) is 6.16. The predicted octanol–water partition coefficient (Wildman–Crippen LogP) is 4.72. The number of hydrogen-bond acceptors (Lipinski definition) is 5. The summed E-state index contributed by atoms with van der Waals surface area (Å²) in [4.78, 5) is 18.6. The topological polar surface area (TPSA) is 39.2 Å². The van der Waals surface area contributed by atoms with Crippen molar-refractivity contribution < 1.29 is 9.53 Å². The minimum atomic E-state index is -0.381. The Labute approximate surface area is 130 Å². The van der Waals surface area contributed by atoms with Gasteiger partial charge in [-0.2, -0.15) is 0 Å². The van der Waals surface area contributed by atoms with Crippen molar-refractivity contribution in [2.24, 2.45) is 0 Å². The van der Waals surface area contributed by atoms with Crippen LogP contribution in [0.5, 0.6) is 0 Å². The van der Waals surface area contributed by atoms with Crippen LogP contribution in [-0.4, -0.2) is 17.6 Å². The quantitative estimate of drug-likeness (QED) is 0.654. The fourth-order valence-electron chi connectivity index (χ4n) is 2.01. The largest absolute Gasteiger partial charge is 0.461 e. The molecule has 0 unspecified atom stereocenters. The van der Waals surface area contributed by atoms with Gasteiger partial charge in [-0.05, 0) is 41.9 Å². The molecule has 0 aliphatic rings. The predicted molar refractivity (Wildman–Crippen MR) is 86.8 cm³/mol. The summed E-state index contributed by atoms with van der Waals surface area (Å²) >= 11 is 3.27. The maximum Gasteiger partial charge on any atom is 0.356 e. The van der Waals surface area contributed by atoms with Gasteiger partial charge in [-0.25, -0.2) is 9.78 Å². The summed E-state index contributed by atoms with van der Waals surface area (Å²) in [6, 6.07) is 11.7. The van der Waals surface area contributed by atoms with Gasteiger partial charge in [0.2, 0.25) is 0 Å². The SMILES string of the molecule is CCOC(=O)c1ccc(-c2cccs2)c(-c2cccs2)n1. The smallest absolute Gasteiger partial charge is 0.356 e. The van der Waals surface area contributed by atoms with Crippen molar-refractivity contribution in [3.05, 3.63) is 52.9 Å². The Kier molecular flexibility index (Phi) is 4.13. The van der Waals surface area contributed by atoms with Gasteiger partial charge in [-0.1, -0.05) is 12.1 Å². The third-order valence-electron chi connectivity index (χ3n) is 2.92. The van der Waals surface area contributed by atoms with Crippen LogP contribution in [0.15, 0.2) is 47.2 Å². The van der Waals surface area contributed by atoms with Crippen LogP contribution in [-0.2, 0) is 4.74 Å². The lowest BCUT2D eigenvalue weighted by molar-refractivity contribution is 0.0519. The van der Waals surface area contributed by atoms with E-state index in [1.807, 2.05) is 35.0 Å². The number of nitrogens with zero attached hydrogens (tertiary/aromatic N) is 1. The maximum absolute atomic E-state index is 11.9. The van der Waals surface area contributed by atoms with Crippen molar-refractivity contribution in [2.75, 3.05) is 6.61 Å². The van der Waals surface area contributed by atoms with Gasteiger partial charge < -0.3 is 4.74 Å². The van der Waals surface area contributed by atoms with Crippen molar-refractivity contribution in [2.45, 2.75) is 6.92 Å². The second-order valence-electron chi connectivity index (χ2n) is 4.27. The number of hydrogen-bond donors (Lipinski definition) is 0. The first-order valence-corrected chi connectivity index (χ1v) is 8.31. The average Bonchev–Trinajstić information content (AvgIpc) is 3.20. The van der Waals surface area contributed by atoms with E-state index in [-0.39, 0.29) is 5.97 Å². The zero-order valence-electron chi connectivity index (χ0n) is 11.4. The number of aromatic nitrogens is 1. The summed E-state index contributed by atoms with van der Waals surface area (Å²) in [5.41, 5.74) is 2.22. The van der Waals surface area contributed by atoms with E-state index in [9.17, 15) is 4.79 Å². The molecular weight excluding hydrogens is 302 g/mol. The Balaban J connectivity index is 2.11. The molecule has 3 rings (SSSR count). The third kappa shape index (κ3) is 2.89. The summed E-state index contributed by atoms with van der Waals surface area (Å²) in [6.07, 6.45) is 0. The number of pyridine rings is 1. The summed E-state index contributed by atoms with van der Waals surface area (Å²) < 4.78 is 5.04. The minimum Gasteiger partial charge on any atom is -0.461 e. The Morgan fingerprint density at radius 3 is 2.43 bits per heavy atom. The first kappa shape index (κ1) is 14.0. The second kappa shape index (κ2) is 6.20. The first-order valence-electron chi connectivity index (χ1n) is 6.55. The average molecular weight is 315 g/mol. The van der Waals surface area contributed by atoms with E-state index in [0.717, 1.165) is 21.0 Å². The van der Waals surface area contributed by atoms with Crippen LogP contribution < -0.4 is 0 Å². The van der Waals surface area contributed by atoms with E-state index in [4.69, 9.17) is 4.74 Å². The third-order valence-corrected chi connectivity index (χ3v) is 4.70. The molecule has 0 aliphatic carbocycles. The summed E-state index contributed by atoms with van der Waals surface area (Å²) in [7, 11) is 0. The van der Waals surface area contributed by atoms with E-state index in [0.29, 0.717) is 12.3 Å². The summed E-state index contributed by atoms with van der Waals surface area (Å²) in [6.45, 7) is 2.14. The zero-order valence-corrected chi connectivity index (χ0v) is 13.0. The Morgan fingerprint density at radius 1 is 1.10 bits per heavy atom. The number of carbonyl (C=O) groups is 1. The lowest BCUT2D eigenvalue weighted by Gasteiger charge is -2.08. The van der Waals surface area contributed by atoms with E-state index >= 15 is 0 Å². The van der Waals surface area contributed by atoms with Gasteiger partial charge in [0.05, 0.1) is 17.2 Å². The van der Waals surface area contributed by atoms with E-state index in [1.54, 1.807) is 35.7 Å². The molecule has 3 aromatic rings. The van der Waals surface area contributed by atoms with Crippen LogP contribution in [0.2, 0.25) is 0 Å². The normalized spacial score (nSPS) is 10.5. The molecule has 0 bridgehead atoms. The van der Waals surface area contributed by atoms with Crippen molar-refractivity contribution in [1.29, 1.82) is 0 Å². The summed E-state index contributed by atoms with van der Waals surface area (Å²) in [5, 5.41) is 4.04. The van der Waals surface area contributed by atoms with E-state index < -0.39 is 0 Å². The van der Waals surface area contributed by atoms with Gasteiger partial charge in [0.15, 0.2) is 0 Å². The molecule has 0 spiro atoms. The lowest BCUT2D eigenvalue weighted by Crippen LogP contribution is -2.07. The van der Waals surface area contributed by atoms with E-state index in [2.05, 4.69) is 11.1 Å². The zero-order chi connectivity index (χ0) is 14.7. The molecule has 0 fully saturated rings. The van der Waals surface area contributed by atoms with Crippen molar-refractivity contribution in [3.8, 4) is 21.0 Å². The van der Waals surface area contributed by atoms with Gasteiger partial charge in [0, 0.05) is 10.4 Å². The van der Waals surface area contributed by atoms with Gasteiger partial charge in [-0.15, -0.1) is 22.7 Å². The molecule has 0 saturated carbocycles. The van der Waals surface area contributed by atoms with Crippen LogP contribution in [0, 0.1) is 0 Å². The molecule has 0 atom stereocenters. The standard InChI is InChI=1S/C16H13NO2S2/c1-2-19-16(18)12-8-7-11(13-5-3-9-20-13)15(17-12)14-6-4-10-21-14/h3-10H,2H2,1H3. The molecule has 0 saturated heterocycles. The minimum absolute atomic E-state index is 0.348. The molecule has 0 amide bonds. The van der Waals surface area contributed by atoms with Crippen molar-refractivity contribution in [1.82, 2.24) is 4.98 Å². The van der Waals surface area contributed by atoms with E-state index in [1.165, 1.54) is 0 Å². The highest BCUT2D eigenvalue weighted by Crippen LogP contribution is 2.35.